The van der Waals surface area contributed by atoms with Crippen LogP contribution in [0.15, 0.2) is 41.2 Å². The summed E-state index contributed by atoms with van der Waals surface area (Å²) in [6.07, 6.45) is 5.79. The Labute approximate surface area is 146 Å². The largest absolute Gasteiger partial charge is 0.313 e. The van der Waals surface area contributed by atoms with Crippen LogP contribution in [-0.4, -0.2) is 21.7 Å². The van der Waals surface area contributed by atoms with Crippen LogP contribution < -0.4 is 5.32 Å². The molecule has 114 valence electrons. The molecule has 3 rings (SSSR count). The molecule has 8 heteroatoms. The van der Waals surface area contributed by atoms with Gasteiger partial charge in [-0.15, -0.1) is 23.5 Å². The zero-order valence-corrected chi connectivity index (χ0v) is 14.3. The maximum Gasteiger partial charge on any atom is 0.212 e. The number of benzene rings is 1. The number of halogens is 2. The van der Waals surface area contributed by atoms with Crippen LogP contribution in [0, 0.1) is 0 Å². The number of nitrogens with zero attached hydrogens (tertiary/aromatic N) is 2. The van der Waals surface area contributed by atoms with Gasteiger partial charge in [0.1, 0.15) is 12.1 Å². The molecular formula is C14H11Cl2N3OS2. The summed E-state index contributed by atoms with van der Waals surface area (Å²) in [5, 5.41) is 4.26. The molecule has 1 saturated heterocycles. The number of hydrogen-bond donors (Lipinski definition) is 1. The predicted molar refractivity (Wildman–Crippen MR) is 93.9 cm³/mol. The van der Waals surface area contributed by atoms with E-state index in [1.807, 2.05) is 12.1 Å². The maximum absolute atomic E-state index is 10.9. The third kappa shape index (κ3) is 3.30. The number of rotatable bonds is 4. The van der Waals surface area contributed by atoms with Crippen LogP contribution in [0.3, 0.4) is 0 Å². The molecule has 2 aromatic rings. The highest BCUT2D eigenvalue weighted by molar-refractivity contribution is 8.25. The Morgan fingerprint density at radius 3 is 3.00 bits per heavy atom. The summed E-state index contributed by atoms with van der Waals surface area (Å²) in [4.78, 5) is 14.9. The number of aromatic nitrogens is 2. The van der Waals surface area contributed by atoms with Crippen LogP contribution in [0.2, 0.25) is 10.0 Å². The van der Waals surface area contributed by atoms with Crippen molar-refractivity contribution in [3.05, 3.63) is 56.8 Å². The van der Waals surface area contributed by atoms with Crippen molar-refractivity contribution < 1.29 is 4.79 Å². The third-order valence-corrected chi connectivity index (χ3v) is 6.56. The molecule has 22 heavy (non-hydrogen) atoms. The van der Waals surface area contributed by atoms with Gasteiger partial charge in [-0.05, 0) is 17.7 Å². The first kappa shape index (κ1) is 15.8. The lowest BCUT2D eigenvalue weighted by Gasteiger charge is -2.12. The highest BCUT2D eigenvalue weighted by atomic mass is 35.5. The lowest BCUT2D eigenvalue weighted by Crippen LogP contribution is -2.15. The number of imidazole rings is 1. The van der Waals surface area contributed by atoms with Crippen LogP contribution in [0.1, 0.15) is 10.8 Å². The molecule has 0 radical (unpaired) electrons. The Bertz CT molecular complexity index is 719. The van der Waals surface area contributed by atoms with Crippen molar-refractivity contribution >= 4 is 59.0 Å². The SMILES string of the molecule is O=CNC(=C1SCC(c2ccc(Cl)cc2Cl)S1)n1ccnc1. The fraction of sp³-hybridized carbons (Fsp3) is 0.143. The maximum atomic E-state index is 10.9. The summed E-state index contributed by atoms with van der Waals surface area (Å²) in [5.74, 6) is 1.59. The first-order chi connectivity index (χ1) is 10.7. The second-order valence-electron chi connectivity index (χ2n) is 4.45. The van der Waals surface area contributed by atoms with E-state index in [-0.39, 0.29) is 5.25 Å². The van der Waals surface area contributed by atoms with E-state index in [1.54, 1.807) is 52.9 Å². The second kappa shape index (κ2) is 7.00. The molecule has 2 heterocycles. The topological polar surface area (TPSA) is 46.9 Å². The van der Waals surface area contributed by atoms with Gasteiger partial charge in [0.05, 0.1) is 4.24 Å². The summed E-state index contributed by atoms with van der Waals surface area (Å²) in [6, 6.07) is 5.55. The molecule has 1 atom stereocenters. The number of hydrogen-bond acceptors (Lipinski definition) is 4. The fourth-order valence-electron chi connectivity index (χ4n) is 2.07. The highest BCUT2D eigenvalue weighted by Crippen LogP contribution is 2.52. The zero-order valence-electron chi connectivity index (χ0n) is 11.2. The molecule has 1 aliphatic rings. The monoisotopic (exact) mass is 371 g/mol. The summed E-state index contributed by atoms with van der Waals surface area (Å²) in [7, 11) is 0. The molecule has 4 nitrogen and oxygen atoms in total. The van der Waals surface area contributed by atoms with Crippen molar-refractivity contribution in [2.24, 2.45) is 0 Å². The van der Waals surface area contributed by atoms with Gasteiger partial charge in [-0.25, -0.2) is 4.98 Å². The average Bonchev–Trinajstić information content (AvgIpc) is 3.16. The van der Waals surface area contributed by atoms with Crippen molar-refractivity contribution in [3.63, 3.8) is 0 Å². The van der Waals surface area contributed by atoms with Crippen molar-refractivity contribution in [2.75, 3.05) is 5.75 Å². The lowest BCUT2D eigenvalue weighted by molar-refractivity contribution is -0.108. The normalized spacial score (nSPS) is 20.0. The predicted octanol–water partition coefficient (Wildman–Crippen LogP) is 4.24. The summed E-state index contributed by atoms with van der Waals surface area (Å²) in [5.41, 5.74) is 1.05. The number of carbonyl (C=O) groups is 1. The van der Waals surface area contributed by atoms with Crippen LogP contribution in [0.4, 0.5) is 0 Å². The minimum Gasteiger partial charge on any atom is -0.313 e. The molecule has 0 aliphatic carbocycles. The summed E-state index contributed by atoms with van der Waals surface area (Å²) < 4.78 is 2.82. The molecule has 0 bridgehead atoms. The van der Waals surface area contributed by atoms with Gasteiger partial charge in [-0.2, -0.15) is 0 Å². The van der Waals surface area contributed by atoms with Crippen molar-refractivity contribution in [1.82, 2.24) is 14.9 Å². The Morgan fingerprint density at radius 2 is 2.32 bits per heavy atom. The number of amides is 1. The van der Waals surface area contributed by atoms with Crippen LogP contribution in [-0.2, 0) is 4.79 Å². The van der Waals surface area contributed by atoms with Crippen molar-refractivity contribution in [2.45, 2.75) is 5.25 Å². The minimum atomic E-state index is 0.219. The van der Waals surface area contributed by atoms with Gasteiger partial charge in [0.25, 0.3) is 0 Å². The number of thioether (sulfide) groups is 2. The van der Waals surface area contributed by atoms with E-state index >= 15 is 0 Å². The van der Waals surface area contributed by atoms with E-state index in [9.17, 15) is 4.79 Å². The van der Waals surface area contributed by atoms with Gasteiger partial charge in [0.15, 0.2) is 0 Å². The van der Waals surface area contributed by atoms with E-state index in [0.29, 0.717) is 16.5 Å². The van der Waals surface area contributed by atoms with Crippen LogP contribution >= 0.6 is 46.7 Å². The molecule has 1 amide bonds. The lowest BCUT2D eigenvalue weighted by atomic mass is 10.2. The van der Waals surface area contributed by atoms with E-state index in [1.165, 1.54) is 0 Å². The zero-order chi connectivity index (χ0) is 15.5. The molecule has 1 fully saturated rings. The van der Waals surface area contributed by atoms with Gasteiger partial charge in [-0.3, -0.25) is 9.36 Å². The van der Waals surface area contributed by atoms with Gasteiger partial charge in [0, 0.05) is 33.4 Å². The van der Waals surface area contributed by atoms with E-state index in [0.717, 1.165) is 21.4 Å². The van der Waals surface area contributed by atoms with Crippen molar-refractivity contribution in [1.29, 1.82) is 0 Å². The molecule has 1 aromatic heterocycles. The number of carbonyl (C=O) groups excluding carboxylic acids is 1. The summed E-state index contributed by atoms with van der Waals surface area (Å²) >= 11 is 15.6. The van der Waals surface area contributed by atoms with E-state index in [2.05, 4.69) is 10.3 Å². The van der Waals surface area contributed by atoms with E-state index < -0.39 is 0 Å². The van der Waals surface area contributed by atoms with Gasteiger partial charge in [0.2, 0.25) is 6.41 Å². The van der Waals surface area contributed by atoms with Gasteiger partial charge < -0.3 is 5.32 Å². The average molecular weight is 372 g/mol. The third-order valence-electron chi connectivity index (χ3n) is 3.08. The van der Waals surface area contributed by atoms with Crippen molar-refractivity contribution in [3.8, 4) is 0 Å². The van der Waals surface area contributed by atoms with Crippen LogP contribution in [0.25, 0.3) is 5.82 Å². The molecule has 1 aliphatic heterocycles. The standard InChI is InChI=1S/C14H11Cl2N3OS2/c15-9-1-2-10(11(16)5-9)12-6-21-14(22-12)13(18-8-20)19-4-3-17-7-19/h1-5,7-8,12H,6H2,(H,18,20). The van der Waals surface area contributed by atoms with Gasteiger partial charge >= 0.3 is 0 Å². The molecule has 1 N–H and O–H groups in total. The molecule has 1 aromatic carbocycles. The Hall–Kier alpha value is -1.08. The van der Waals surface area contributed by atoms with E-state index in [4.69, 9.17) is 23.2 Å². The summed E-state index contributed by atoms with van der Waals surface area (Å²) in [6.45, 7) is 0. The Kier molecular flexibility index (Phi) is 5.03. The van der Waals surface area contributed by atoms with Gasteiger partial charge in [-0.1, -0.05) is 29.3 Å². The molecule has 0 spiro atoms. The molecule has 0 saturated carbocycles. The fourth-order valence-corrected chi connectivity index (χ4v) is 5.63. The smallest absolute Gasteiger partial charge is 0.212 e. The number of nitrogens with one attached hydrogen (secondary N) is 1. The Morgan fingerprint density at radius 1 is 1.45 bits per heavy atom. The second-order valence-corrected chi connectivity index (χ2v) is 7.80. The first-order valence-electron chi connectivity index (χ1n) is 6.36. The quantitative estimate of drug-likeness (QED) is 0.816. The first-order valence-corrected chi connectivity index (χ1v) is 8.98. The minimum absolute atomic E-state index is 0.219. The highest BCUT2D eigenvalue weighted by Gasteiger charge is 2.27. The Balaban J connectivity index is 1.89. The molecular weight excluding hydrogens is 361 g/mol. The van der Waals surface area contributed by atoms with Crippen LogP contribution in [0.5, 0.6) is 0 Å². The molecule has 1 unspecified atom stereocenters.